The minimum Gasteiger partial charge on any atom is -0.370 e. The Balaban J connectivity index is 1.24. The van der Waals surface area contributed by atoms with Gasteiger partial charge in [0.05, 0.1) is 6.04 Å². The van der Waals surface area contributed by atoms with Crippen LogP contribution < -0.4 is 15.5 Å². The Morgan fingerprint density at radius 3 is 2.28 bits per heavy atom. The Morgan fingerprint density at radius 1 is 1.00 bits per heavy atom. The Kier molecular flexibility index (Phi) is 6.95. The number of urea groups is 1. The molecular formula is C25H33N5O2. The van der Waals surface area contributed by atoms with Gasteiger partial charge in [0.2, 0.25) is 5.91 Å². The molecule has 2 N–H and O–H groups in total. The van der Waals surface area contributed by atoms with Crippen molar-refractivity contribution in [2.45, 2.75) is 38.4 Å². The molecule has 2 fully saturated rings. The smallest absolute Gasteiger partial charge is 0.321 e. The summed E-state index contributed by atoms with van der Waals surface area (Å²) in [6, 6.07) is 18.4. The SMILES string of the molecule is CC(C(=O)NC1CC1)N1CCN(C(=O)Nc2ccc(N(C)Cc3ccccc3)cc2)CC1. The molecule has 1 saturated carbocycles. The third-order valence-corrected chi connectivity index (χ3v) is 6.27. The summed E-state index contributed by atoms with van der Waals surface area (Å²) in [6.45, 7) is 5.42. The summed E-state index contributed by atoms with van der Waals surface area (Å²) in [6.07, 6.45) is 2.19. The molecule has 2 aliphatic rings. The minimum atomic E-state index is -0.152. The number of carbonyl (C=O) groups is 2. The fourth-order valence-corrected chi connectivity index (χ4v) is 3.98. The average molecular weight is 436 g/mol. The first-order valence-electron chi connectivity index (χ1n) is 11.4. The second kappa shape index (κ2) is 10.0. The van der Waals surface area contributed by atoms with Gasteiger partial charge in [-0.1, -0.05) is 30.3 Å². The lowest BCUT2D eigenvalue weighted by Crippen LogP contribution is -2.55. The highest BCUT2D eigenvalue weighted by molar-refractivity contribution is 5.89. The summed E-state index contributed by atoms with van der Waals surface area (Å²) in [4.78, 5) is 31.1. The standard InChI is InChI=1S/C25H33N5O2/c1-19(24(31)26-21-8-9-21)29-14-16-30(17-15-29)25(32)27-22-10-12-23(13-11-22)28(2)18-20-6-4-3-5-7-20/h3-7,10-13,19,21H,8-9,14-18H2,1-2H3,(H,26,31)(H,27,32). The van der Waals surface area contributed by atoms with Gasteiger partial charge in [0.15, 0.2) is 0 Å². The van der Waals surface area contributed by atoms with Gasteiger partial charge in [0, 0.05) is 57.2 Å². The maximum Gasteiger partial charge on any atom is 0.321 e. The quantitative estimate of drug-likeness (QED) is 0.701. The van der Waals surface area contributed by atoms with Gasteiger partial charge in [-0.3, -0.25) is 9.69 Å². The Labute approximate surface area is 190 Å². The van der Waals surface area contributed by atoms with Crippen LogP contribution in [0.4, 0.5) is 16.2 Å². The molecule has 0 radical (unpaired) electrons. The molecular weight excluding hydrogens is 402 g/mol. The molecule has 0 bridgehead atoms. The molecule has 32 heavy (non-hydrogen) atoms. The molecule has 1 aliphatic carbocycles. The number of hydrogen-bond donors (Lipinski definition) is 2. The van der Waals surface area contributed by atoms with Crippen molar-refractivity contribution in [1.29, 1.82) is 0 Å². The normalized spacial score (nSPS) is 17.5. The fraction of sp³-hybridized carbons (Fsp3) is 0.440. The lowest BCUT2D eigenvalue weighted by atomic mass is 10.2. The number of amides is 3. The molecule has 4 rings (SSSR count). The van der Waals surface area contributed by atoms with Crippen molar-refractivity contribution in [3.63, 3.8) is 0 Å². The van der Waals surface area contributed by atoms with Crippen LogP contribution in [0.1, 0.15) is 25.3 Å². The second-order valence-corrected chi connectivity index (χ2v) is 8.80. The van der Waals surface area contributed by atoms with Gasteiger partial charge < -0.3 is 20.4 Å². The predicted octanol–water partition coefficient (Wildman–Crippen LogP) is 3.14. The van der Waals surface area contributed by atoms with Crippen molar-refractivity contribution >= 4 is 23.3 Å². The van der Waals surface area contributed by atoms with Gasteiger partial charge in [0.25, 0.3) is 0 Å². The first-order valence-corrected chi connectivity index (χ1v) is 11.4. The molecule has 2 aromatic carbocycles. The lowest BCUT2D eigenvalue weighted by molar-refractivity contribution is -0.126. The molecule has 170 valence electrons. The highest BCUT2D eigenvalue weighted by atomic mass is 16.2. The molecule has 3 amide bonds. The lowest BCUT2D eigenvalue weighted by Gasteiger charge is -2.37. The zero-order valence-corrected chi connectivity index (χ0v) is 19.0. The number of nitrogens with one attached hydrogen (secondary N) is 2. The maximum absolute atomic E-state index is 12.7. The zero-order valence-electron chi connectivity index (χ0n) is 19.0. The number of rotatable bonds is 7. The van der Waals surface area contributed by atoms with Crippen LogP contribution in [0.5, 0.6) is 0 Å². The van der Waals surface area contributed by atoms with Crippen molar-refractivity contribution in [3.05, 3.63) is 60.2 Å². The van der Waals surface area contributed by atoms with E-state index in [0.29, 0.717) is 32.2 Å². The number of benzene rings is 2. The third-order valence-electron chi connectivity index (χ3n) is 6.27. The maximum atomic E-state index is 12.7. The van der Waals surface area contributed by atoms with Crippen LogP contribution in [0.15, 0.2) is 54.6 Å². The molecule has 1 unspecified atom stereocenters. The van der Waals surface area contributed by atoms with Gasteiger partial charge in [-0.2, -0.15) is 0 Å². The second-order valence-electron chi connectivity index (χ2n) is 8.80. The van der Waals surface area contributed by atoms with E-state index in [1.54, 1.807) is 0 Å². The Morgan fingerprint density at radius 2 is 1.66 bits per heavy atom. The summed E-state index contributed by atoms with van der Waals surface area (Å²) in [5.74, 6) is 0.0997. The molecule has 7 nitrogen and oxygen atoms in total. The van der Waals surface area contributed by atoms with Crippen LogP contribution >= 0.6 is 0 Å². The molecule has 1 saturated heterocycles. The summed E-state index contributed by atoms with van der Waals surface area (Å²) in [7, 11) is 2.06. The van der Waals surface area contributed by atoms with E-state index in [0.717, 1.165) is 30.8 Å². The van der Waals surface area contributed by atoms with Gasteiger partial charge in [-0.25, -0.2) is 4.79 Å². The predicted molar refractivity (Wildman–Crippen MR) is 128 cm³/mol. The van der Waals surface area contributed by atoms with E-state index < -0.39 is 0 Å². The molecule has 2 aromatic rings. The van der Waals surface area contributed by atoms with Crippen LogP contribution in [-0.2, 0) is 11.3 Å². The Bertz CT molecular complexity index is 906. The van der Waals surface area contributed by atoms with Crippen molar-refractivity contribution < 1.29 is 9.59 Å². The van der Waals surface area contributed by atoms with E-state index in [1.807, 2.05) is 54.3 Å². The van der Waals surface area contributed by atoms with Gasteiger partial charge in [0.1, 0.15) is 0 Å². The van der Waals surface area contributed by atoms with Gasteiger partial charge in [-0.15, -0.1) is 0 Å². The van der Waals surface area contributed by atoms with Crippen LogP contribution in [0, 0.1) is 0 Å². The van der Waals surface area contributed by atoms with Crippen molar-refractivity contribution in [1.82, 2.24) is 15.1 Å². The summed E-state index contributed by atoms with van der Waals surface area (Å²) < 4.78 is 0. The van der Waals surface area contributed by atoms with Crippen LogP contribution in [0.25, 0.3) is 0 Å². The zero-order chi connectivity index (χ0) is 22.5. The average Bonchev–Trinajstić information content (AvgIpc) is 3.63. The monoisotopic (exact) mass is 435 g/mol. The van der Waals surface area contributed by atoms with E-state index >= 15 is 0 Å². The highest BCUT2D eigenvalue weighted by Crippen LogP contribution is 2.20. The van der Waals surface area contributed by atoms with Crippen molar-refractivity contribution in [2.75, 3.05) is 43.4 Å². The molecule has 0 aromatic heterocycles. The topological polar surface area (TPSA) is 67.9 Å². The van der Waals surface area contributed by atoms with Crippen LogP contribution in [0.3, 0.4) is 0 Å². The molecule has 1 heterocycles. The van der Waals surface area contributed by atoms with Crippen molar-refractivity contribution in [3.8, 4) is 0 Å². The van der Waals surface area contributed by atoms with E-state index in [-0.39, 0.29) is 18.0 Å². The number of anilines is 2. The van der Waals surface area contributed by atoms with E-state index in [4.69, 9.17) is 0 Å². The summed E-state index contributed by atoms with van der Waals surface area (Å²) in [5, 5.41) is 6.07. The van der Waals surface area contributed by atoms with Crippen molar-refractivity contribution in [2.24, 2.45) is 0 Å². The van der Waals surface area contributed by atoms with Crippen LogP contribution in [0.2, 0.25) is 0 Å². The molecule has 0 spiro atoms. The van der Waals surface area contributed by atoms with Crippen LogP contribution in [-0.4, -0.2) is 67.0 Å². The summed E-state index contributed by atoms with van der Waals surface area (Å²) in [5.41, 5.74) is 3.14. The van der Waals surface area contributed by atoms with E-state index in [2.05, 4.69) is 39.6 Å². The number of piperazine rings is 1. The first kappa shape index (κ1) is 22.1. The Hall–Kier alpha value is -3.06. The first-order chi connectivity index (χ1) is 15.5. The third kappa shape index (κ3) is 5.79. The number of nitrogens with zero attached hydrogens (tertiary/aromatic N) is 3. The van der Waals surface area contributed by atoms with Gasteiger partial charge in [-0.05, 0) is 49.6 Å². The number of hydrogen-bond acceptors (Lipinski definition) is 4. The van der Waals surface area contributed by atoms with E-state index in [9.17, 15) is 9.59 Å². The summed E-state index contributed by atoms with van der Waals surface area (Å²) >= 11 is 0. The number of carbonyl (C=O) groups excluding carboxylic acids is 2. The minimum absolute atomic E-state index is 0.0925. The largest absolute Gasteiger partial charge is 0.370 e. The van der Waals surface area contributed by atoms with Gasteiger partial charge >= 0.3 is 6.03 Å². The molecule has 1 aliphatic heterocycles. The fourth-order valence-electron chi connectivity index (χ4n) is 3.98. The molecule has 7 heteroatoms. The molecule has 1 atom stereocenters. The highest BCUT2D eigenvalue weighted by Gasteiger charge is 2.30. The van der Waals surface area contributed by atoms with E-state index in [1.165, 1.54) is 5.56 Å².